The Kier molecular flexibility index (Phi) is 4.03. The van der Waals surface area contributed by atoms with Crippen LogP contribution in [0.4, 0.5) is 0 Å². The number of rotatable bonds is 3. The van der Waals surface area contributed by atoms with Gasteiger partial charge in [-0.2, -0.15) is 0 Å². The zero-order valence-corrected chi connectivity index (χ0v) is 16.1. The van der Waals surface area contributed by atoms with Gasteiger partial charge in [0.05, 0.1) is 5.56 Å². The van der Waals surface area contributed by atoms with Gasteiger partial charge in [0, 0.05) is 28.6 Å². The van der Waals surface area contributed by atoms with Gasteiger partial charge in [-0.25, -0.2) is 9.55 Å². The SMILES string of the molecule is Cc1c[n+](C)c(-c2c(C)ccc3c2oc2ncccc23)cc1CC(C)C. The summed E-state index contributed by atoms with van der Waals surface area (Å²) in [7, 11) is 2.11. The molecule has 0 radical (unpaired) electrons. The molecule has 0 fully saturated rings. The fraction of sp³-hybridized carbons (Fsp3) is 0.304. The van der Waals surface area contributed by atoms with E-state index in [-0.39, 0.29) is 0 Å². The van der Waals surface area contributed by atoms with E-state index in [1.165, 1.54) is 22.4 Å². The van der Waals surface area contributed by atoms with Gasteiger partial charge >= 0.3 is 0 Å². The van der Waals surface area contributed by atoms with Crippen LogP contribution >= 0.6 is 0 Å². The zero-order chi connectivity index (χ0) is 18.4. The lowest BCUT2D eigenvalue weighted by atomic mass is 9.95. The second-order valence-corrected chi connectivity index (χ2v) is 7.67. The molecule has 0 amide bonds. The Hall–Kier alpha value is -2.68. The maximum absolute atomic E-state index is 6.20. The molecule has 0 atom stereocenters. The molecule has 0 aliphatic carbocycles. The van der Waals surface area contributed by atoms with E-state index in [0.29, 0.717) is 11.6 Å². The summed E-state index contributed by atoms with van der Waals surface area (Å²) in [5.74, 6) is 0.626. The highest BCUT2D eigenvalue weighted by atomic mass is 16.3. The number of furan rings is 1. The van der Waals surface area contributed by atoms with Crippen LogP contribution in [-0.2, 0) is 13.5 Å². The molecule has 3 heterocycles. The zero-order valence-electron chi connectivity index (χ0n) is 16.1. The standard InChI is InChI=1S/C23H25N2O/c1-14(2)11-17-12-20(25(5)13-16(17)4)21-15(3)8-9-18-19-7-6-10-24-23(19)26-22(18)21/h6-10,12-14H,11H2,1-5H3/q+1. The minimum absolute atomic E-state index is 0.626. The molecule has 0 bridgehead atoms. The highest BCUT2D eigenvalue weighted by molar-refractivity contribution is 6.08. The molecule has 0 unspecified atom stereocenters. The first-order valence-electron chi connectivity index (χ1n) is 9.22. The van der Waals surface area contributed by atoms with E-state index in [2.05, 4.69) is 74.8 Å². The van der Waals surface area contributed by atoms with Crippen molar-refractivity contribution in [2.24, 2.45) is 13.0 Å². The van der Waals surface area contributed by atoms with Crippen molar-refractivity contribution in [3.63, 3.8) is 0 Å². The molecule has 3 nitrogen and oxygen atoms in total. The van der Waals surface area contributed by atoms with Gasteiger partial charge in [-0.15, -0.1) is 0 Å². The van der Waals surface area contributed by atoms with Crippen molar-refractivity contribution in [1.82, 2.24) is 4.98 Å². The van der Waals surface area contributed by atoms with Gasteiger partial charge in [0.2, 0.25) is 11.4 Å². The van der Waals surface area contributed by atoms with Gasteiger partial charge in [0.15, 0.2) is 11.8 Å². The van der Waals surface area contributed by atoms with E-state index in [1.54, 1.807) is 6.20 Å². The number of hydrogen-bond donors (Lipinski definition) is 0. The molecule has 0 saturated carbocycles. The molecule has 4 rings (SSSR count). The fourth-order valence-corrected chi connectivity index (χ4v) is 3.82. The van der Waals surface area contributed by atoms with E-state index < -0.39 is 0 Å². The van der Waals surface area contributed by atoms with Crippen LogP contribution < -0.4 is 4.57 Å². The second kappa shape index (κ2) is 6.24. The number of aryl methyl sites for hydroxylation is 3. The van der Waals surface area contributed by atoms with E-state index >= 15 is 0 Å². The quantitative estimate of drug-likeness (QED) is 0.472. The first kappa shape index (κ1) is 16.8. The van der Waals surface area contributed by atoms with Crippen molar-refractivity contribution in [2.75, 3.05) is 0 Å². The minimum Gasteiger partial charge on any atom is -0.437 e. The molecular weight excluding hydrogens is 320 g/mol. The number of aromatic nitrogens is 2. The molecule has 0 saturated heterocycles. The molecule has 132 valence electrons. The number of fused-ring (bicyclic) bond motifs is 3. The van der Waals surface area contributed by atoms with Crippen molar-refractivity contribution in [1.29, 1.82) is 0 Å². The van der Waals surface area contributed by atoms with E-state index in [4.69, 9.17) is 4.42 Å². The summed E-state index contributed by atoms with van der Waals surface area (Å²) in [5, 5.41) is 2.20. The van der Waals surface area contributed by atoms with Crippen molar-refractivity contribution >= 4 is 22.1 Å². The highest BCUT2D eigenvalue weighted by Gasteiger charge is 2.22. The summed E-state index contributed by atoms with van der Waals surface area (Å²) in [5.41, 5.74) is 7.92. The molecule has 0 N–H and O–H groups in total. The lowest BCUT2D eigenvalue weighted by Gasteiger charge is -2.11. The van der Waals surface area contributed by atoms with Gasteiger partial charge in [-0.05, 0) is 49.4 Å². The Bertz CT molecular complexity index is 1120. The smallest absolute Gasteiger partial charge is 0.227 e. The molecule has 26 heavy (non-hydrogen) atoms. The first-order chi connectivity index (χ1) is 12.5. The first-order valence-corrected chi connectivity index (χ1v) is 9.22. The van der Waals surface area contributed by atoms with Crippen LogP contribution in [0, 0.1) is 19.8 Å². The summed E-state index contributed by atoms with van der Waals surface area (Å²) in [4.78, 5) is 4.40. The van der Waals surface area contributed by atoms with E-state index in [0.717, 1.165) is 28.3 Å². The maximum atomic E-state index is 6.20. The van der Waals surface area contributed by atoms with Crippen LogP contribution in [0.25, 0.3) is 33.3 Å². The summed E-state index contributed by atoms with van der Waals surface area (Å²) in [6.07, 6.45) is 5.09. The molecule has 0 spiro atoms. The summed E-state index contributed by atoms with van der Waals surface area (Å²) >= 11 is 0. The van der Waals surface area contributed by atoms with Crippen LogP contribution in [0.2, 0.25) is 0 Å². The lowest BCUT2D eigenvalue weighted by molar-refractivity contribution is -0.660. The predicted octanol–water partition coefficient (Wildman–Crippen LogP) is 5.29. The van der Waals surface area contributed by atoms with Crippen molar-refractivity contribution in [3.8, 4) is 11.3 Å². The Labute approximate surface area is 154 Å². The average Bonchev–Trinajstić information content (AvgIpc) is 2.96. The van der Waals surface area contributed by atoms with E-state index in [1.807, 2.05) is 6.07 Å². The third kappa shape index (κ3) is 2.68. The van der Waals surface area contributed by atoms with Gasteiger partial charge in [0.25, 0.3) is 0 Å². The molecule has 0 aliphatic rings. The van der Waals surface area contributed by atoms with Crippen LogP contribution in [0.5, 0.6) is 0 Å². The summed E-state index contributed by atoms with van der Waals surface area (Å²) in [6, 6.07) is 10.7. The number of benzene rings is 1. The number of hydrogen-bond acceptors (Lipinski definition) is 2. The van der Waals surface area contributed by atoms with Crippen LogP contribution in [-0.4, -0.2) is 4.98 Å². The Morgan fingerprint density at radius 2 is 1.88 bits per heavy atom. The van der Waals surface area contributed by atoms with Gasteiger partial charge < -0.3 is 4.42 Å². The third-order valence-electron chi connectivity index (χ3n) is 5.10. The normalized spacial score (nSPS) is 11.8. The Morgan fingerprint density at radius 3 is 2.65 bits per heavy atom. The Balaban J connectivity index is 2.04. The second-order valence-electron chi connectivity index (χ2n) is 7.67. The predicted molar refractivity (Wildman–Crippen MR) is 106 cm³/mol. The molecule has 3 aromatic heterocycles. The van der Waals surface area contributed by atoms with Crippen LogP contribution in [0.15, 0.2) is 47.1 Å². The molecule has 0 aliphatic heterocycles. The van der Waals surface area contributed by atoms with E-state index in [9.17, 15) is 0 Å². The van der Waals surface area contributed by atoms with Gasteiger partial charge in [0.1, 0.15) is 7.05 Å². The topological polar surface area (TPSA) is 29.9 Å². The highest BCUT2D eigenvalue weighted by Crippen LogP contribution is 2.36. The van der Waals surface area contributed by atoms with Crippen molar-refractivity contribution in [2.45, 2.75) is 34.1 Å². The maximum Gasteiger partial charge on any atom is 0.227 e. The molecular formula is C23H25N2O+. The van der Waals surface area contributed by atoms with Crippen LogP contribution in [0.1, 0.15) is 30.5 Å². The van der Waals surface area contributed by atoms with Gasteiger partial charge in [-0.1, -0.05) is 26.0 Å². The fourth-order valence-electron chi connectivity index (χ4n) is 3.82. The van der Waals surface area contributed by atoms with Crippen molar-refractivity contribution < 1.29 is 8.98 Å². The minimum atomic E-state index is 0.626. The van der Waals surface area contributed by atoms with Crippen LogP contribution in [0.3, 0.4) is 0 Å². The Morgan fingerprint density at radius 1 is 1.08 bits per heavy atom. The monoisotopic (exact) mass is 345 g/mol. The summed E-state index contributed by atoms with van der Waals surface area (Å²) < 4.78 is 8.41. The van der Waals surface area contributed by atoms with Gasteiger partial charge in [-0.3, -0.25) is 0 Å². The van der Waals surface area contributed by atoms with Crippen molar-refractivity contribution in [3.05, 3.63) is 59.4 Å². The molecule has 4 aromatic rings. The lowest BCUT2D eigenvalue weighted by Crippen LogP contribution is -2.32. The molecule has 3 heteroatoms. The largest absolute Gasteiger partial charge is 0.437 e. The number of nitrogens with zero attached hydrogens (tertiary/aromatic N) is 2. The summed E-state index contributed by atoms with van der Waals surface area (Å²) in [6.45, 7) is 8.88. The average molecular weight is 345 g/mol. The third-order valence-corrected chi connectivity index (χ3v) is 5.10. The number of pyridine rings is 2. The molecule has 1 aromatic carbocycles.